The van der Waals surface area contributed by atoms with Crippen LogP contribution in [0.1, 0.15) is 24.1 Å². The Labute approximate surface area is 184 Å². The SMILES string of the molecule is COc1cccc(CCN2CC(CNC(C)c3cccc4ccccc34)OCC2=O)c1. The Hall–Kier alpha value is -2.89. The molecule has 1 aliphatic heterocycles. The average molecular weight is 419 g/mol. The van der Waals surface area contributed by atoms with Crippen molar-refractivity contribution >= 4 is 16.7 Å². The zero-order valence-electron chi connectivity index (χ0n) is 18.2. The van der Waals surface area contributed by atoms with Gasteiger partial charge in [-0.05, 0) is 47.4 Å². The Morgan fingerprint density at radius 3 is 2.81 bits per heavy atom. The van der Waals surface area contributed by atoms with Gasteiger partial charge in [0.25, 0.3) is 0 Å². The van der Waals surface area contributed by atoms with Crippen LogP contribution >= 0.6 is 0 Å². The molecule has 1 N–H and O–H groups in total. The number of carbonyl (C=O) groups excluding carboxylic acids is 1. The lowest BCUT2D eigenvalue weighted by Gasteiger charge is -2.33. The molecule has 2 atom stereocenters. The summed E-state index contributed by atoms with van der Waals surface area (Å²) < 4.78 is 11.1. The van der Waals surface area contributed by atoms with E-state index in [1.165, 1.54) is 16.3 Å². The van der Waals surface area contributed by atoms with Crippen molar-refractivity contribution in [2.24, 2.45) is 0 Å². The first-order valence-corrected chi connectivity index (χ1v) is 10.9. The van der Waals surface area contributed by atoms with Gasteiger partial charge in [-0.15, -0.1) is 0 Å². The van der Waals surface area contributed by atoms with E-state index in [2.05, 4.69) is 60.8 Å². The van der Waals surface area contributed by atoms with Crippen molar-refractivity contribution in [1.29, 1.82) is 0 Å². The summed E-state index contributed by atoms with van der Waals surface area (Å²) in [5, 5.41) is 6.12. The first kappa shape index (κ1) is 21.3. The zero-order valence-corrected chi connectivity index (χ0v) is 18.2. The van der Waals surface area contributed by atoms with E-state index in [4.69, 9.17) is 9.47 Å². The van der Waals surface area contributed by atoms with Crippen LogP contribution in [0.4, 0.5) is 0 Å². The third kappa shape index (κ3) is 5.24. The summed E-state index contributed by atoms with van der Waals surface area (Å²) in [5.74, 6) is 0.900. The lowest BCUT2D eigenvalue weighted by molar-refractivity contribution is -0.148. The van der Waals surface area contributed by atoms with Crippen LogP contribution < -0.4 is 10.1 Å². The van der Waals surface area contributed by atoms with Crippen LogP contribution in [0, 0.1) is 0 Å². The Balaban J connectivity index is 1.33. The lowest BCUT2D eigenvalue weighted by Crippen LogP contribution is -2.50. The predicted molar refractivity (Wildman–Crippen MR) is 123 cm³/mol. The number of methoxy groups -OCH3 is 1. The van der Waals surface area contributed by atoms with Gasteiger partial charge in [0.05, 0.1) is 13.2 Å². The van der Waals surface area contributed by atoms with Crippen molar-refractivity contribution in [3.8, 4) is 5.75 Å². The number of benzene rings is 3. The number of hydrogen-bond acceptors (Lipinski definition) is 4. The van der Waals surface area contributed by atoms with E-state index in [9.17, 15) is 4.79 Å². The molecule has 0 aromatic heterocycles. The zero-order chi connectivity index (χ0) is 21.6. The van der Waals surface area contributed by atoms with Crippen molar-refractivity contribution < 1.29 is 14.3 Å². The van der Waals surface area contributed by atoms with Crippen molar-refractivity contribution in [1.82, 2.24) is 10.2 Å². The van der Waals surface area contributed by atoms with Crippen LogP contribution in [-0.4, -0.2) is 50.3 Å². The van der Waals surface area contributed by atoms with E-state index < -0.39 is 0 Å². The number of morpholine rings is 1. The standard InChI is InChI=1S/C26H30N2O3/c1-19(24-12-6-9-21-8-3-4-11-25(21)24)27-16-23-17-28(26(29)18-31-23)14-13-20-7-5-10-22(15-20)30-2/h3-12,15,19,23,27H,13-14,16-18H2,1-2H3. The van der Waals surface area contributed by atoms with E-state index in [-0.39, 0.29) is 24.7 Å². The number of ether oxygens (including phenoxy) is 2. The number of rotatable bonds is 8. The van der Waals surface area contributed by atoms with E-state index >= 15 is 0 Å². The van der Waals surface area contributed by atoms with E-state index in [0.29, 0.717) is 19.6 Å². The van der Waals surface area contributed by atoms with Gasteiger partial charge in [0.2, 0.25) is 5.91 Å². The highest BCUT2D eigenvalue weighted by atomic mass is 16.5. The summed E-state index contributed by atoms with van der Waals surface area (Å²) in [6.45, 7) is 4.32. The molecular formula is C26H30N2O3. The summed E-state index contributed by atoms with van der Waals surface area (Å²) in [6, 6.07) is 23.1. The third-order valence-electron chi connectivity index (χ3n) is 5.97. The maximum atomic E-state index is 12.3. The molecule has 31 heavy (non-hydrogen) atoms. The van der Waals surface area contributed by atoms with Gasteiger partial charge in [0, 0.05) is 25.7 Å². The minimum Gasteiger partial charge on any atom is -0.497 e. The monoisotopic (exact) mass is 418 g/mol. The Bertz CT molecular complexity index is 1030. The molecule has 4 rings (SSSR count). The molecule has 0 spiro atoms. The summed E-state index contributed by atoms with van der Waals surface area (Å²) in [4.78, 5) is 14.3. The van der Waals surface area contributed by atoms with Crippen molar-refractivity contribution in [3.63, 3.8) is 0 Å². The second-order valence-corrected chi connectivity index (χ2v) is 8.07. The lowest BCUT2D eigenvalue weighted by atomic mass is 9.99. The number of nitrogens with zero attached hydrogens (tertiary/aromatic N) is 1. The number of nitrogens with one attached hydrogen (secondary N) is 1. The molecule has 0 radical (unpaired) electrons. The van der Waals surface area contributed by atoms with Crippen LogP contribution in [0.2, 0.25) is 0 Å². The van der Waals surface area contributed by atoms with Crippen LogP contribution in [0.5, 0.6) is 5.75 Å². The van der Waals surface area contributed by atoms with Gasteiger partial charge in [-0.2, -0.15) is 0 Å². The van der Waals surface area contributed by atoms with E-state index in [1.807, 2.05) is 23.1 Å². The Kier molecular flexibility index (Phi) is 6.85. The van der Waals surface area contributed by atoms with Crippen LogP contribution in [0.25, 0.3) is 10.8 Å². The Morgan fingerprint density at radius 1 is 1.13 bits per heavy atom. The molecule has 0 bridgehead atoms. The Morgan fingerprint density at radius 2 is 1.94 bits per heavy atom. The fraction of sp³-hybridized carbons (Fsp3) is 0.346. The summed E-state index contributed by atoms with van der Waals surface area (Å²) in [7, 11) is 1.67. The van der Waals surface area contributed by atoms with Gasteiger partial charge in [-0.1, -0.05) is 54.6 Å². The molecule has 2 unspecified atom stereocenters. The largest absolute Gasteiger partial charge is 0.497 e. The molecular weight excluding hydrogens is 388 g/mol. The number of amides is 1. The fourth-order valence-corrected chi connectivity index (χ4v) is 4.16. The molecule has 1 aliphatic rings. The molecule has 0 saturated carbocycles. The number of fused-ring (bicyclic) bond motifs is 1. The van der Waals surface area contributed by atoms with Gasteiger partial charge in [0.15, 0.2) is 0 Å². The quantitative estimate of drug-likeness (QED) is 0.601. The fourth-order valence-electron chi connectivity index (χ4n) is 4.16. The van der Waals surface area contributed by atoms with Gasteiger partial charge < -0.3 is 19.7 Å². The molecule has 1 saturated heterocycles. The molecule has 1 amide bonds. The molecule has 3 aromatic rings. The van der Waals surface area contributed by atoms with Gasteiger partial charge in [0.1, 0.15) is 12.4 Å². The van der Waals surface area contributed by atoms with Crippen molar-refractivity contribution in [2.45, 2.75) is 25.5 Å². The molecule has 3 aromatic carbocycles. The molecule has 0 aliphatic carbocycles. The first-order valence-electron chi connectivity index (χ1n) is 10.9. The second-order valence-electron chi connectivity index (χ2n) is 8.07. The van der Waals surface area contributed by atoms with Gasteiger partial charge >= 0.3 is 0 Å². The molecule has 5 heteroatoms. The van der Waals surface area contributed by atoms with Crippen LogP contribution in [0.3, 0.4) is 0 Å². The normalized spacial score (nSPS) is 17.7. The second kappa shape index (κ2) is 9.94. The highest BCUT2D eigenvalue weighted by Crippen LogP contribution is 2.24. The van der Waals surface area contributed by atoms with Gasteiger partial charge in [-0.3, -0.25) is 4.79 Å². The maximum absolute atomic E-state index is 12.3. The smallest absolute Gasteiger partial charge is 0.248 e. The third-order valence-corrected chi connectivity index (χ3v) is 5.97. The molecule has 5 nitrogen and oxygen atoms in total. The van der Waals surface area contributed by atoms with Crippen molar-refractivity contribution in [2.75, 3.05) is 33.4 Å². The minimum absolute atomic E-state index is 0.0135. The number of carbonyl (C=O) groups is 1. The highest BCUT2D eigenvalue weighted by molar-refractivity contribution is 5.86. The summed E-state index contributed by atoms with van der Waals surface area (Å²) in [5.41, 5.74) is 2.44. The number of hydrogen-bond donors (Lipinski definition) is 1. The van der Waals surface area contributed by atoms with Gasteiger partial charge in [-0.25, -0.2) is 0 Å². The summed E-state index contributed by atoms with van der Waals surface area (Å²) in [6.07, 6.45) is 0.788. The van der Waals surface area contributed by atoms with E-state index in [0.717, 1.165) is 17.7 Å². The predicted octanol–water partition coefficient (Wildman–Crippen LogP) is 3.97. The first-order chi connectivity index (χ1) is 15.1. The highest BCUT2D eigenvalue weighted by Gasteiger charge is 2.26. The topological polar surface area (TPSA) is 50.8 Å². The van der Waals surface area contributed by atoms with Crippen LogP contribution in [-0.2, 0) is 16.0 Å². The summed E-state index contributed by atoms with van der Waals surface area (Å²) >= 11 is 0. The molecule has 1 fully saturated rings. The van der Waals surface area contributed by atoms with Crippen LogP contribution in [0.15, 0.2) is 66.7 Å². The molecule has 1 heterocycles. The minimum atomic E-state index is -0.0135. The maximum Gasteiger partial charge on any atom is 0.248 e. The van der Waals surface area contributed by atoms with E-state index in [1.54, 1.807) is 7.11 Å². The van der Waals surface area contributed by atoms with Crippen molar-refractivity contribution in [3.05, 3.63) is 77.9 Å². The average Bonchev–Trinajstić information content (AvgIpc) is 2.82. The molecule has 162 valence electrons.